The monoisotopic (exact) mass is 461 g/mol. The van der Waals surface area contributed by atoms with Crippen LogP contribution in [0, 0.1) is 0 Å². The first-order valence-corrected chi connectivity index (χ1v) is 11.7. The number of azo groups is 1. The second-order valence-electron chi connectivity index (χ2n) is 9.31. The van der Waals surface area contributed by atoms with Crippen LogP contribution in [0.3, 0.4) is 0 Å². The summed E-state index contributed by atoms with van der Waals surface area (Å²) >= 11 is 0. The maximum absolute atomic E-state index is 12.4. The van der Waals surface area contributed by atoms with E-state index >= 15 is 0 Å². The molecule has 9 nitrogen and oxygen atoms in total. The molecule has 2 saturated heterocycles. The number of benzene rings is 2. The van der Waals surface area contributed by atoms with E-state index < -0.39 is 5.54 Å². The lowest BCUT2D eigenvalue weighted by Crippen LogP contribution is -2.45. The van der Waals surface area contributed by atoms with Crippen LogP contribution in [-0.4, -0.2) is 61.5 Å². The number of methoxy groups -OCH3 is 2. The first-order valence-electron chi connectivity index (χ1n) is 11.7. The van der Waals surface area contributed by atoms with Gasteiger partial charge in [0.15, 0.2) is 0 Å². The van der Waals surface area contributed by atoms with Crippen LogP contribution in [0.2, 0.25) is 0 Å². The van der Waals surface area contributed by atoms with Gasteiger partial charge < -0.3 is 19.7 Å². The molecule has 1 unspecified atom stereocenters. The van der Waals surface area contributed by atoms with Gasteiger partial charge in [0.05, 0.1) is 19.9 Å². The molecule has 0 radical (unpaired) electrons. The SMILES string of the molecule is COC(=O)N1CC[C@@H]2c3cccc(/N=N/[C@]45CCN(C(=O)OC)[C@H]4Nc4ccccc45)c3CC21. The molecule has 34 heavy (non-hydrogen) atoms. The molecule has 2 aromatic rings. The summed E-state index contributed by atoms with van der Waals surface area (Å²) in [5.41, 5.74) is 4.53. The van der Waals surface area contributed by atoms with Gasteiger partial charge >= 0.3 is 12.2 Å². The number of rotatable bonds is 2. The Labute approximate surface area is 197 Å². The molecule has 1 aliphatic carbocycles. The Morgan fingerprint density at radius 2 is 1.82 bits per heavy atom. The fraction of sp³-hybridized carbons (Fsp3) is 0.440. The zero-order valence-electron chi connectivity index (χ0n) is 19.2. The smallest absolute Gasteiger partial charge is 0.411 e. The topological polar surface area (TPSA) is 95.8 Å². The molecule has 2 amide bonds. The molecule has 0 aromatic heterocycles. The van der Waals surface area contributed by atoms with Crippen molar-refractivity contribution < 1.29 is 19.1 Å². The molecule has 4 atom stereocenters. The highest BCUT2D eigenvalue weighted by atomic mass is 16.5. The number of hydrogen-bond donors (Lipinski definition) is 1. The molecular formula is C25H27N5O4. The van der Waals surface area contributed by atoms with E-state index in [1.54, 1.807) is 4.90 Å². The second-order valence-corrected chi connectivity index (χ2v) is 9.31. The summed E-state index contributed by atoms with van der Waals surface area (Å²) in [7, 11) is 2.83. The van der Waals surface area contributed by atoms with Gasteiger partial charge in [0.1, 0.15) is 11.7 Å². The van der Waals surface area contributed by atoms with Crippen LogP contribution in [0.1, 0.15) is 35.4 Å². The maximum atomic E-state index is 12.4. The molecule has 3 heterocycles. The summed E-state index contributed by atoms with van der Waals surface area (Å²) < 4.78 is 10.0. The third-order valence-corrected chi connectivity index (χ3v) is 7.88. The Morgan fingerprint density at radius 3 is 2.65 bits per heavy atom. The Balaban J connectivity index is 1.36. The van der Waals surface area contributed by atoms with Crippen molar-refractivity contribution in [3.63, 3.8) is 0 Å². The van der Waals surface area contributed by atoms with E-state index in [0.29, 0.717) is 25.4 Å². The van der Waals surface area contributed by atoms with Crippen LogP contribution >= 0.6 is 0 Å². The van der Waals surface area contributed by atoms with Gasteiger partial charge in [-0.1, -0.05) is 30.3 Å². The van der Waals surface area contributed by atoms with E-state index in [0.717, 1.165) is 35.3 Å². The van der Waals surface area contributed by atoms with Crippen LogP contribution in [0.15, 0.2) is 52.7 Å². The molecule has 0 saturated carbocycles. The fourth-order valence-corrected chi connectivity index (χ4v) is 6.32. The maximum Gasteiger partial charge on any atom is 0.411 e. The van der Waals surface area contributed by atoms with Gasteiger partial charge in [0, 0.05) is 42.7 Å². The van der Waals surface area contributed by atoms with Gasteiger partial charge in [0.2, 0.25) is 0 Å². The van der Waals surface area contributed by atoms with Crippen molar-refractivity contribution in [2.75, 3.05) is 32.6 Å². The van der Waals surface area contributed by atoms with Crippen LogP contribution < -0.4 is 5.32 Å². The minimum atomic E-state index is -0.681. The Kier molecular flexibility index (Phi) is 4.75. The normalized spacial score (nSPS) is 28.4. The number of likely N-dealkylation sites (tertiary alicyclic amines) is 2. The average Bonchev–Trinajstić information content (AvgIpc) is 3.60. The molecule has 9 heteroatoms. The summed E-state index contributed by atoms with van der Waals surface area (Å²) in [6.07, 6.45) is 1.31. The van der Waals surface area contributed by atoms with E-state index in [1.807, 2.05) is 35.2 Å². The van der Waals surface area contributed by atoms with E-state index in [9.17, 15) is 9.59 Å². The van der Waals surface area contributed by atoms with Crippen molar-refractivity contribution in [2.45, 2.75) is 42.9 Å². The fourth-order valence-electron chi connectivity index (χ4n) is 6.32. The van der Waals surface area contributed by atoms with Crippen LogP contribution in [-0.2, 0) is 21.4 Å². The number of para-hydroxylation sites is 1. The molecule has 1 N–H and O–H groups in total. The van der Waals surface area contributed by atoms with Crippen molar-refractivity contribution in [2.24, 2.45) is 10.2 Å². The first kappa shape index (κ1) is 20.9. The van der Waals surface area contributed by atoms with Gasteiger partial charge in [-0.2, -0.15) is 10.2 Å². The van der Waals surface area contributed by atoms with Crippen molar-refractivity contribution in [3.05, 3.63) is 59.2 Å². The summed E-state index contributed by atoms with van der Waals surface area (Å²) in [6, 6.07) is 14.3. The predicted molar refractivity (Wildman–Crippen MR) is 124 cm³/mol. The van der Waals surface area contributed by atoms with Crippen molar-refractivity contribution >= 4 is 23.6 Å². The Morgan fingerprint density at radius 1 is 1.03 bits per heavy atom. The number of nitrogens with one attached hydrogen (secondary N) is 1. The summed E-state index contributed by atoms with van der Waals surface area (Å²) in [5, 5.41) is 13.2. The molecule has 6 rings (SSSR count). The third-order valence-electron chi connectivity index (χ3n) is 7.88. The minimum absolute atomic E-state index is 0.0971. The number of amides is 2. The highest BCUT2D eigenvalue weighted by molar-refractivity contribution is 5.73. The van der Waals surface area contributed by atoms with Crippen molar-refractivity contribution in [1.29, 1.82) is 0 Å². The van der Waals surface area contributed by atoms with Crippen molar-refractivity contribution in [3.8, 4) is 0 Å². The molecule has 176 valence electrons. The molecule has 3 aliphatic heterocycles. The zero-order chi connectivity index (χ0) is 23.4. The van der Waals surface area contributed by atoms with E-state index in [4.69, 9.17) is 19.7 Å². The third kappa shape index (κ3) is 2.85. The lowest BCUT2D eigenvalue weighted by molar-refractivity contribution is 0.117. The number of anilines is 1. The van der Waals surface area contributed by atoms with Crippen molar-refractivity contribution in [1.82, 2.24) is 9.80 Å². The van der Waals surface area contributed by atoms with Gasteiger partial charge in [-0.15, -0.1) is 0 Å². The van der Waals surface area contributed by atoms with Crippen LogP contribution in [0.5, 0.6) is 0 Å². The lowest BCUT2D eigenvalue weighted by Gasteiger charge is -2.27. The van der Waals surface area contributed by atoms with Crippen LogP contribution in [0.4, 0.5) is 21.0 Å². The molecule has 0 bridgehead atoms. The number of hydrogen-bond acceptors (Lipinski definition) is 7. The van der Waals surface area contributed by atoms with E-state index in [1.165, 1.54) is 19.8 Å². The minimum Gasteiger partial charge on any atom is -0.453 e. The molecular weight excluding hydrogens is 434 g/mol. The highest BCUT2D eigenvalue weighted by Gasteiger charge is 2.56. The van der Waals surface area contributed by atoms with E-state index in [-0.39, 0.29) is 24.4 Å². The lowest BCUT2D eigenvalue weighted by atomic mass is 9.90. The summed E-state index contributed by atoms with van der Waals surface area (Å²) in [4.78, 5) is 28.2. The van der Waals surface area contributed by atoms with Gasteiger partial charge in [-0.05, 0) is 36.1 Å². The second kappa shape index (κ2) is 7.72. The number of carbonyl (C=O) groups is 2. The first-order chi connectivity index (χ1) is 16.6. The highest BCUT2D eigenvalue weighted by Crippen LogP contribution is 2.51. The van der Waals surface area contributed by atoms with Crippen LogP contribution in [0.25, 0.3) is 0 Å². The zero-order valence-corrected chi connectivity index (χ0v) is 19.2. The largest absolute Gasteiger partial charge is 0.453 e. The Hall–Kier alpha value is -3.62. The number of carbonyl (C=O) groups excluding carboxylic acids is 2. The molecule has 4 aliphatic rings. The number of ether oxygens (including phenoxy) is 2. The van der Waals surface area contributed by atoms with E-state index in [2.05, 4.69) is 17.4 Å². The summed E-state index contributed by atoms with van der Waals surface area (Å²) in [6.45, 7) is 1.24. The quantitative estimate of drug-likeness (QED) is 0.670. The molecule has 2 aromatic carbocycles. The van der Waals surface area contributed by atoms with Gasteiger partial charge in [0.25, 0.3) is 0 Å². The standard InChI is InChI=1S/C25H27N5O4/c1-33-23(31)29-12-10-16-15-6-5-9-19(17(15)14-21(16)29)27-28-25-11-13-30(24(32)34-2)22(25)26-20-8-4-3-7-18(20)25/h3-9,16,21-22,26H,10-14H2,1-2H3/b28-27+/t16-,21?,22-,25+/m1/s1. The van der Waals surface area contributed by atoms with Gasteiger partial charge in [-0.3, -0.25) is 4.90 Å². The Bertz CT molecular complexity index is 1200. The molecule has 2 fully saturated rings. The molecule has 0 spiro atoms. The predicted octanol–water partition coefficient (Wildman–Crippen LogP) is 4.37. The average molecular weight is 462 g/mol. The summed E-state index contributed by atoms with van der Waals surface area (Å²) in [5.74, 6) is 0.297. The number of fused-ring (bicyclic) bond motifs is 6. The van der Waals surface area contributed by atoms with Gasteiger partial charge in [-0.25, -0.2) is 9.59 Å². The number of nitrogens with zero attached hydrogens (tertiary/aromatic N) is 4.